The molecular formula is C13H17N3O. The minimum atomic E-state index is 0.579. The zero-order valence-electron chi connectivity index (χ0n) is 9.85. The predicted molar refractivity (Wildman–Crippen MR) is 66.7 cm³/mol. The molecule has 0 aliphatic carbocycles. The summed E-state index contributed by atoms with van der Waals surface area (Å²) in [7, 11) is 0. The van der Waals surface area contributed by atoms with E-state index in [9.17, 15) is 0 Å². The third-order valence-electron chi connectivity index (χ3n) is 3.01. The number of benzene rings is 1. The summed E-state index contributed by atoms with van der Waals surface area (Å²) >= 11 is 0. The van der Waals surface area contributed by atoms with Crippen molar-refractivity contribution in [3.63, 3.8) is 0 Å². The first-order chi connectivity index (χ1) is 8.29. The maximum atomic E-state index is 8.80. The average molecular weight is 231 g/mol. The molecule has 0 radical (unpaired) electrons. The SMILES string of the molecule is N#Cc1ccc(N)c(OCCN2CCCC2)c1. The van der Waals surface area contributed by atoms with E-state index in [4.69, 9.17) is 15.7 Å². The van der Waals surface area contributed by atoms with Gasteiger partial charge in [-0.05, 0) is 38.1 Å². The lowest BCUT2D eigenvalue weighted by Crippen LogP contribution is -2.25. The molecule has 0 atom stereocenters. The van der Waals surface area contributed by atoms with Gasteiger partial charge in [-0.25, -0.2) is 0 Å². The molecule has 1 saturated heterocycles. The Labute approximate surface area is 102 Å². The van der Waals surface area contributed by atoms with Gasteiger partial charge in [0, 0.05) is 12.6 Å². The van der Waals surface area contributed by atoms with Gasteiger partial charge in [0.2, 0.25) is 0 Å². The van der Waals surface area contributed by atoms with E-state index in [1.807, 2.05) is 0 Å². The maximum Gasteiger partial charge on any atom is 0.143 e. The molecule has 0 unspecified atom stereocenters. The van der Waals surface area contributed by atoms with E-state index in [0.717, 1.165) is 19.6 Å². The van der Waals surface area contributed by atoms with E-state index in [-0.39, 0.29) is 0 Å². The molecule has 90 valence electrons. The van der Waals surface area contributed by atoms with E-state index in [1.165, 1.54) is 12.8 Å². The quantitative estimate of drug-likeness (QED) is 0.800. The van der Waals surface area contributed by atoms with Crippen LogP contribution in [0.5, 0.6) is 5.75 Å². The van der Waals surface area contributed by atoms with Crippen molar-refractivity contribution in [1.82, 2.24) is 4.90 Å². The Morgan fingerprint density at radius 3 is 2.82 bits per heavy atom. The molecule has 0 saturated carbocycles. The van der Waals surface area contributed by atoms with Crippen LogP contribution in [0.2, 0.25) is 0 Å². The highest BCUT2D eigenvalue weighted by Gasteiger charge is 2.11. The van der Waals surface area contributed by atoms with E-state index in [1.54, 1.807) is 18.2 Å². The molecule has 1 heterocycles. The average Bonchev–Trinajstić information content (AvgIpc) is 2.84. The largest absolute Gasteiger partial charge is 0.490 e. The molecule has 1 aromatic rings. The van der Waals surface area contributed by atoms with Gasteiger partial charge in [-0.15, -0.1) is 0 Å². The van der Waals surface area contributed by atoms with Crippen LogP contribution in [0, 0.1) is 11.3 Å². The zero-order chi connectivity index (χ0) is 12.1. The molecule has 1 aromatic carbocycles. The summed E-state index contributed by atoms with van der Waals surface area (Å²) in [5, 5.41) is 8.80. The zero-order valence-corrected chi connectivity index (χ0v) is 9.85. The first kappa shape index (κ1) is 11.7. The van der Waals surface area contributed by atoms with Crippen LogP contribution in [0.25, 0.3) is 0 Å². The van der Waals surface area contributed by atoms with Crippen LogP contribution in [0.3, 0.4) is 0 Å². The Kier molecular flexibility index (Phi) is 3.84. The Bertz CT molecular complexity index is 419. The standard InChI is InChI=1S/C13H17N3O/c14-10-11-3-4-12(15)13(9-11)17-8-7-16-5-1-2-6-16/h3-4,9H,1-2,5-8,15H2. The maximum absolute atomic E-state index is 8.80. The molecule has 0 spiro atoms. The first-order valence-electron chi connectivity index (χ1n) is 5.94. The number of nitriles is 1. The number of likely N-dealkylation sites (tertiary alicyclic amines) is 1. The Morgan fingerprint density at radius 2 is 2.12 bits per heavy atom. The van der Waals surface area contributed by atoms with Gasteiger partial charge < -0.3 is 10.5 Å². The van der Waals surface area contributed by atoms with Crippen LogP contribution >= 0.6 is 0 Å². The van der Waals surface area contributed by atoms with E-state index in [2.05, 4.69) is 11.0 Å². The van der Waals surface area contributed by atoms with Crippen molar-refractivity contribution in [3.8, 4) is 11.8 Å². The monoisotopic (exact) mass is 231 g/mol. The Hall–Kier alpha value is -1.73. The lowest BCUT2D eigenvalue weighted by atomic mass is 10.2. The number of nitrogens with two attached hydrogens (primary N) is 1. The third kappa shape index (κ3) is 3.11. The van der Waals surface area contributed by atoms with Crippen LogP contribution in [0.15, 0.2) is 18.2 Å². The topological polar surface area (TPSA) is 62.3 Å². The lowest BCUT2D eigenvalue weighted by molar-refractivity contribution is 0.238. The van der Waals surface area contributed by atoms with Crippen LogP contribution in [0.1, 0.15) is 18.4 Å². The fourth-order valence-electron chi connectivity index (χ4n) is 2.02. The van der Waals surface area contributed by atoms with E-state index >= 15 is 0 Å². The number of hydrogen-bond donors (Lipinski definition) is 1. The molecule has 0 amide bonds. The molecular weight excluding hydrogens is 214 g/mol. The van der Waals surface area contributed by atoms with Crippen LogP contribution < -0.4 is 10.5 Å². The molecule has 1 fully saturated rings. The van der Waals surface area contributed by atoms with Crippen molar-refractivity contribution < 1.29 is 4.74 Å². The van der Waals surface area contributed by atoms with Crippen molar-refractivity contribution >= 4 is 5.69 Å². The number of nitrogens with zero attached hydrogens (tertiary/aromatic N) is 2. The van der Waals surface area contributed by atoms with Gasteiger partial charge in [0.05, 0.1) is 17.3 Å². The highest BCUT2D eigenvalue weighted by Crippen LogP contribution is 2.22. The highest BCUT2D eigenvalue weighted by molar-refractivity contribution is 5.55. The number of hydrogen-bond acceptors (Lipinski definition) is 4. The predicted octanol–water partition coefficient (Wildman–Crippen LogP) is 1.62. The van der Waals surface area contributed by atoms with Gasteiger partial charge in [0.25, 0.3) is 0 Å². The normalized spacial score (nSPS) is 15.7. The number of nitrogen functional groups attached to an aromatic ring is 1. The second kappa shape index (κ2) is 5.55. The smallest absolute Gasteiger partial charge is 0.143 e. The number of anilines is 1. The van der Waals surface area contributed by atoms with Gasteiger partial charge in [0.1, 0.15) is 12.4 Å². The summed E-state index contributed by atoms with van der Waals surface area (Å²) < 4.78 is 5.62. The molecule has 17 heavy (non-hydrogen) atoms. The lowest BCUT2D eigenvalue weighted by Gasteiger charge is -2.15. The van der Waals surface area contributed by atoms with Crippen LogP contribution in [0.4, 0.5) is 5.69 Å². The van der Waals surface area contributed by atoms with Gasteiger partial charge in [-0.3, -0.25) is 4.90 Å². The highest BCUT2D eigenvalue weighted by atomic mass is 16.5. The molecule has 1 aliphatic rings. The van der Waals surface area contributed by atoms with Crippen LogP contribution in [-0.2, 0) is 0 Å². The number of rotatable bonds is 4. The summed E-state index contributed by atoms with van der Waals surface area (Å²) in [6.45, 7) is 3.88. The van der Waals surface area contributed by atoms with Gasteiger partial charge in [0.15, 0.2) is 0 Å². The summed E-state index contributed by atoms with van der Waals surface area (Å²) in [6, 6.07) is 7.18. The molecule has 2 rings (SSSR count). The molecule has 2 N–H and O–H groups in total. The molecule has 4 nitrogen and oxygen atoms in total. The molecule has 1 aliphatic heterocycles. The number of ether oxygens (including phenoxy) is 1. The summed E-state index contributed by atoms with van der Waals surface area (Å²) in [4.78, 5) is 2.38. The Balaban J connectivity index is 1.87. The van der Waals surface area contributed by atoms with Crippen molar-refractivity contribution in [1.29, 1.82) is 5.26 Å². The van der Waals surface area contributed by atoms with Crippen molar-refractivity contribution in [2.45, 2.75) is 12.8 Å². The van der Waals surface area contributed by atoms with Crippen molar-refractivity contribution in [3.05, 3.63) is 23.8 Å². The summed E-state index contributed by atoms with van der Waals surface area (Å²) in [6.07, 6.45) is 2.57. The molecule has 0 bridgehead atoms. The van der Waals surface area contributed by atoms with Crippen molar-refractivity contribution in [2.75, 3.05) is 32.0 Å². The fourth-order valence-corrected chi connectivity index (χ4v) is 2.02. The minimum Gasteiger partial charge on any atom is -0.490 e. The fraction of sp³-hybridized carbons (Fsp3) is 0.462. The molecule has 0 aromatic heterocycles. The Morgan fingerprint density at radius 1 is 1.35 bits per heavy atom. The summed E-state index contributed by atoms with van der Waals surface area (Å²) in [5.41, 5.74) is 6.96. The minimum absolute atomic E-state index is 0.579. The van der Waals surface area contributed by atoms with Gasteiger partial charge >= 0.3 is 0 Å². The van der Waals surface area contributed by atoms with Gasteiger partial charge in [-0.1, -0.05) is 0 Å². The van der Waals surface area contributed by atoms with Crippen LogP contribution in [-0.4, -0.2) is 31.1 Å². The van der Waals surface area contributed by atoms with Gasteiger partial charge in [-0.2, -0.15) is 5.26 Å². The van der Waals surface area contributed by atoms with E-state index < -0.39 is 0 Å². The molecule has 4 heteroatoms. The van der Waals surface area contributed by atoms with E-state index in [0.29, 0.717) is 23.6 Å². The second-order valence-electron chi connectivity index (χ2n) is 4.26. The first-order valence-corrected chi connectivity index (χ1v) is 5.94. The second-order valence-corrected chi connectivity index (χ2v) is 4.26. The third-order valence-corrected chi connectivity index (χ3v) is 3.01. The summed E-state index contributed by atoms with van der Waals surface area (Å²) in [5.74, 6) is 0.614. The van der Waals surface area contributed by atoms with Crippen molar-refractivity contribution in [2.24, 2.45) is 0 Å².